The van der Waals surface area contributed by atoms with Gasteiger partial charge in [0.2, 0.25) is 0 Å². The van der Waals surface area contributed by atoms with E-state index in [1.54, 1.807) is 12.2 Å². The van der Waals surface area contributed by atoms with E-state index in [2.05, 4.69) is 19.1 Å². The van der Waals surface area contributed by atoms with Crippen LogP contribution in [0.3, 0.4) is 0 Å². The van der Waals surface area contributed by atoms with Crippen molar-refractivity contribution in [2.24, 2.45) is 11.8 Å². The number of unbranched alkanes of at least 4 members (excludes halogenated alkanes) is 3. The van der Waals surface area contributed by atoms with Gasteiger partial charge in [-0.25, -0.2) is 0 Å². The molecule has 146 valence electrons. The van der Waals surface area contributed by atoms with Crippen molar-refractivity contribution >= 4 is 5.97 Å². The van der Waals surface area contributed by atoms with Crippen LogP contribution in [-0.2, 0) is 9.53 Å². The number of aliphatic hydroxyl groups is 2. The van der Waals surface area contributed by atoms with Crippen molar-refractivity contribution in [1.29, 1.82) is 0 Å². The molecular formula is C22H34O4. The van der Waals surface area contributed by atoms with Crippen molar-refractivity contribution in [3.8, 4) is 0 Å². The van der Waals surface area contributed by atoms with Gasteiger partial charge < -0.3 is 14.9 Å². The molecule has 5 atom stereocenters. The first-order chi connectivity index (χ1) is 12.6. The molecule has 0 radical (unpaired) electrons. The third-order valence-electron chi connectivity index (χ3n) is 5.19. The van der Waals surface area contributed by atoms with Gasteiger partial charge in [-0.3, -0.25) is 4.79 Å². The predicted molar refractivity (Wildman–Crippen MR) is 104 cm³/mol. The Balaban J connectivity index is 1.70. The Morgan fingerprint density at radius 1 is 1.23 bits per heavy atom. The molecule has 1 aliphatic carbocycles. The van der Waals surface area contributed by atoms with E-state index < -0.39 is 12.2 Å². The summed E-state index contributed by atoms with van der Waals surface area (Å²) in [5.41, 5.74) is 0. The fourth-order valence-electron chi connectivity index (χ4n) is 3.47. The lowest BCUT2D eigenvalue weighted by Gasteiger charge is -2.19. The number of rotatable bonds is 10. The first-order valence-corrected chi connectivity index (χ1v) is 10.2. The minimum Gasteiger partial charge on any atom is -0.462 e. The second kappa shape index (κ2) is 11.3. The number of carbonyl (C=O) groups is 1. The van der Waals surface area contributed by atoms with Crippen LogP contribution >= 0.6 is 0 Å². The summed E-state index contributed by atoms with van der Waals surface area (Å²) in [6.45, 7) is 2.19. The second-order valence-electron chi connectivity index (χ2n) is 7.48. The van der Waals surface area contributed by atoms with Gasteiger partial charge in [0.1, 0.15) is 6.10 Å². The van der Waals surface area contributed by atoms with Crippen LogP contribution in [0.4, 0.5) is 0 Å². The molecule has 2 rings (SSSR count). The summed E-state index contributed by atoms with van der Waals surface area (Å²) < 4.78 is 5.53. The van der Waals surface area contributed by atoms with Crippen molar-refractivity contribution in [2.75, 3.05) is 0 Å². The molecule has 1 aliphatic heterocycles. The maximum atomic E-state index is 11.7. The van der Waals surface area contributed by atoms with Crippen LogP contribution in [0.25, 0.3) is 0 Å². The Morgan fingerprint density at radius 3 is 2.88 bits per heavy atom. The van der Waals surface area contributed by atoms with Gasteiger partial charge in [0.25, 0.3) is 0 Å². The number of aliphatic hydroxyl groups excluding tert-OH is 2. The lowest BCUT2D eigenvalue weighted by Crippen LogP contribution is -2.23. The van der Waals surface area contributed by atoms with Crippen molar-refractivity contribution in [3.05, 3.63) is 36.5 Å². The Bertz CT molecular complexity index is 508. The maximum Gasteiger partial charge on any atom is 0.306 e. The highest BCUT2D eigenvalue weighted by Gasteiger charge is 2.47. The monoisotopic (exact) mass is 362 g/mol. The normalized spacial score (nSPS) is 30.0. The van der Waals surface area contributed by atoms with E-state index in [0.29, 0.717) is 12.8 Å². The SMILES string of the molecule is CCCCC/C=C\CC(O)/C=C/[C@@H](O)[C@@H]1CC1[C@H]1C/C=C\CCC(=O)O1. The van der Waals surface area contributed by atoms with E-state index in [4.69, 9.17) is 4.74 Å². The number of hydrogen-bond acceptors (Lipinski definition) is 4. The zero-order valence-electron chi connectivity index (χ0n) is 15.9. The number of esters is 1. The fourth-order valence-corrected chi connectivity index (χ4v) is 3.47. The summed E-state index contributed by atoms with van der Waals surface area (Å²) in [5.74, 6) is 0.196. The molecule has 0 aromatic carbocycles. The average Bonchev–Trinajstić information content (AvgIpc) is 3.39. The van der Waals surface area contributed by atoms with Gasteiger partial charge in [0.15, 0.2) is 0 Å². The summed E-state index contributed by atoms with van der Waals surface area (Å²) in [4.78, 5) is 11.7. The minimum absolute atomic E-state index is 0.119. The minimum atomic E-state index is -0.587. The van der Waals surface area contributed by atoms with Crippen molar-refractivity contribution in [2.45, 2.75) is 83.0 Å². The van der Waals surface area contributed by atoms with Crippen LogP contribution in [0.15, 0.2) is 36.5 Å². The van der Waals surface area contributed by atoms with Gasteiger partial charge in [0, 0.05) is 18.8 Å². The quantitative estimate of drug-likeness (QED) is 0.349. The van der Waals surface area contributed by atoms with Crippen molar-refractivity contribution < 1.29 is 19.7 Å². The Labute approximate surface area is 157 Å². The van der Waals surface area contributed by atoms with Gasteiger partial charge in [-0.1, -0.05) is 56.2 Å². The van der Waals surface area contributed by atoms with E-state index in [1.165, 1.54) is 19.3 Å². The molecule has 4 heteroatoms. The standard InChI is InChI=1S/C22H34O4/c1-2-3-4-5-6-8-11-17(23)14-15-20(24)18-16-19(18)21-12-9-7-10-13-22(25)26-21/h6-9,14-15,17-21,23-24H,2-5,10-13,16H2,1H3/b8-6-,9-7-,15-14+/t17?,18-,19?,20-,21-/m1/s1. The molecule has 4 nitrogen and oxygen atoms in total. The first kappa shape index (κ1) is 20.9. The highest BCUT2D eigenvalue weighted by molar-refractivity contribution is 5.70. The van der Waals surface area contributed by atoms with Gasteiger partial charge in [-0.05, 0) is 38.0 Å². The summed E-state index contributed by atoms with van der Waals surface area (Å²) in [7, 11) is 0. The van der Waals surface area contributed by atoms with E-state index in [1.807, 2.05) is 12.2 Å². The molecule has 0 spiro atoms. The van der Waals surface area contributed by atoms with Gasteiger partial charge in [0.05, 0.1) is 12.2 Å². The van der Waals surface area contributed by atoms with Crippen molar-refractivity contribution in [1.82, 2.24) is 0 Å². The lowest BCUT2D eigenvalue weighted by atomic mass is 10.0. The number of allylic oxidation sites excluding steroid dienone is 2. The fraction of sp³-hybridized carbons (Fsp3) is 0.682. The van der Waals surface area contributed by atoms with Crippen molar-refractivity contribution in [3.63, 3.8) is 0 Å². The van der Waals surface area contributed by atoms with Crippen LogP contribution in [-0.4, -0.2) is 34.5 Å². The summed E-state index contributed by atoms with van der Waals surface area (Å²) in [6, 6.07) is 0. The number of carbonyl (C=O) groups excluding carboxylic acids is 1. The first-order valence-electron chi connectivity index (χ1n) is 10.2. The molecule has 2 unspecified atom stereocenters. The zero-order valence-corrected chi connectivity index (χ0v) is 15.9. The number of ether oxygens (including phenoxy) is 1. The Hall–Kier alpha value is -1.39. The molecule has 1 saturated carbocycles. The largest absolute Gasteiger partial charge is 0.462 e. The highest BCUT2D eigenvalue weighted by Crippen LogP contribution is 2.46. The summed E-state index contributed by atoms with van der Waals surface area (Å²) in [6.07, 6.45) is 18.4. The zero-order chi connectivity index (χ0) is 18.8. The third kappa shape index (κ3) is 7.46. The van der Waals surface area contributed by atoms with Crippen LogP contribution < -0.4 is 0 Å². The average molecular weight is 363 g/mol. The van der Waals surface area contributed by atoms with E-state index in [0.717, 1.165) is 25.7 Å². The third-order valence-corrected chi connectivity index (χ3v) is 5.19. The molecule has 0 aromatic rings. The van der Waals surface area contributed by atoms with E-state index in [9.17, 15) is 15.0 Å². The van der Waals surface area contributed by atoms with Crippen LogP contribution in [0.1, 0.15) is 64.7 Å². The van der Waals surface area contributed by atoms with E-state index in [-0.39, 0.29) is 23.9 Å². The molecule has 0 amide bonds. The molecule has 0 aromatic heterocycles. The van der Waals surface area contributed by atoms with E-state index >= 15 is 0 Å². The van der Waals surface area contributed by atoms with Crippen LogP contribution in [0.5, 0.6) is 0 Å². The maximum absolute atomic E-state index is 11.7. The summed E-state index contributed by atoms with van der Waals surface area (Å²) >= 11 is 0. The van der Waals surface area contributed by atoms with Gasteiger partial charge in [-0.2, -0.15) is 0 Å². The second-order valence-corrected chi connectivity index (χ2v) is 7.48. The number of cyclic esters (lactones) is 1. The highest BCUT2D eigenvalue weighted by atomic mass is 16.5. The molecule has 0 bridgehead atoms. The molecule has 1 fully saturated rings. The molecule has 2 N–H and O–H groups in total. The van der Waals surface area contributed by atoms with Gasteiger partial charge in [-0.15, -0.1) is 0 Å². The van der Waals surface area contributed by atoms with Crippen LogP contribution in [0.2, 0.25) is 0 Å². The Morgan fingerprint density at radius 2 is 2.08 bits per heavy atom. The predicted octanol–water partition coefficient (Wildman–Crippen LogP) is 4.08. The molecule has 0 saturated heterocycles. The Kier molecular flexibility index (Phi) is 9.13. The molecule has 2 aliphatic rings. The van der Waals surface area contributed by atoms with Gasteiger partial charge >= 0.3 is 5.97 Å². The van der Waals surface area contributed by atoms with Crippen LogP contribution in [0, 0.1) is 11.8 Å². The number of hydrogen-bond donors (Lipinski definition) is 2. The lowest BCUT2D eigenvalue weighted by molar-refractivity contribution is -0.150. The smallest absolute Gasteiger partial charge is 0.306 e. The topological polar surface area (TPSA) is 66.8 Å². The molecule has 1 heterocycles. The molecule has 26 heavy (non-hydrogen) atoms. The summed E-state index contributed by atoms with van der Waals surface area (Å²) in [5, 5.41) is 20.3. The molecular weight excluding hydrogens is 328 g/mol.